The van der Waals surface area contributed by atoms with Crippen LogP contribution in [-0.4, -0.2) is 44.4 Å². The van der Waals surface area contributed by atoms with Gasteiger partial charge in [-0.1, -0.05) is 13.8 Å². The zero-order valence-electron chi connectivity index (χ0n) is 13.7. The van der Waals surface area contributed by atoms with Crippen LogP contribution in [0.4, 0.5) is 0 Å². The van der Waals surface area contributed by atoms with E-state index in [1.165, 1.54) is 23.6 Å². The molecular formula is C16H29N3S2. The molecule has 2 rings (SSSR count). The fraction of sp³-hybridized carbons (Fsp3) is 0.812. The summed E-state index contributed by atoms with van der Waals surface area (Å²) in [6.07, 6.45) is 4.35. The summed E-state index contributed by atoms with van der Waals surface area (Å²) in [6.45, 7) is 10.1. The minimum atomic E-state index is 0.444. The number of nitrogens with one attached hydrogen (secondary N) is 1. The van der Waals surface area contributed by atoms with Crippen LogP contribution in [0.1, 0.15) is 45.9 Å². The molecule has 0 spiro atoms. The number of hydrogen-bond acceptors (Lipinski definition) is 4. The third-order valence-electron chi connectivity index (χ3n) is 3.91. The van der Waals surface area contributed by atoms with Crippen molar-refractivity contribution in [2.75, 3.05) is 18.1 Å². The van der Waals surface area contributed by atoms with Crippen molar-refractivity contribution in [2.45, 2.75) is 63.1 Å². The molecule has 0 bridgehead atoms. The van der Waals surface area contributed by atoms with Gasteiger partial charge < -0.3 is 5.32 Å². The number of hydrogen-bond donors (Lipinski definition) is 1. The molecule has 0 amide bonds. The van der Waals surface area contributed by atoms with Crippen LogP contribution in [0.3, 0.4) is 0 Å². The van der Waals surface area contributed by atoms with Gasteiger partial charge >= 0.3 is 0 Å². The van der Waals surface area contributed by atoms with E-state index in [1.54, 1.807) is 0 Å². The van der Waals surface area contributed by atoms with Gasteiger partial charge in [0.15, 0.2) is 0 Å². The first-order valence-electron chi connectivity index (χ1n) is 8.12. The third-order valence-corrected chi connectivity index (χ3v) is 7.16. The Morgan fingerprint density at radius 1 is 1.38 bits per heavy atom. The average Bonchev–Trinajstić information content (AvgIpc) is 2.93. The van der Waals surface area contributed by atoms with Gasteiger partial charge in [0.2, 0.25) is 0 Å². The summed E-state index contributed by atoms with van der Waals surface area (Å²) >= 11 is 4.27. The Labute approximate surface area is 138 Å². The monoisotopic (exact) mass is 327 g/mol. The highest BCUT2D eigenvalue weighted by atomic mass is 32.2. The summed E-state index contributed by atoms with van der Waals surface area (Å²) in [6, 6.07) is 3.17. The zero-order chi connectivity index (χ0) is 15.2. The molecule has 0 aliphatic carbocycles. The van der Waals surface area contributed by atoms with Crippen LogP contribution in [-0.2, 0) is 6.42 Å². The van der Waals surface area contributed by atoms with E-state index < -0.39 is 0 Å². The fourth-order valence-corrected chi connectivity index (χ4v) is 5.69. The number of aromatic nitrogens is 2. The van der Waals surface area contributed by atoms with Gasteiger partial charge in [-0.05, 0) is 32.9 Å². The van der Waals surface area contributed by atoms with Crippen LogP contribution in [0.25, 0.3) is 0 Å². The van der Waals surface area contributed by atoms with Crippen molar-refractivity contribution in [1.29, 1.82) is 0 Å². The lowest BCUT2D eigenvalue weighted by Crippen LogP contribution is -2.46. The molecule has 21 heavy (non-hydrogen) atoms. The highest BCUT2D eigenvalue weighted by Gasteiger charge is 2.30. The minimum Gasteiger partial charge on any atom is -0.312 e. The standard InChI is InChI=1S/C16H29N3S2/c1-5-7-17-15(16-13(4)20-9-10-21-16)11-14-6-8-19(18-14)12(2)3/h6,8,12-13,15-17H,5,7,9-11H2,1-4H3. The Kier molecular flexibility index (Phi) is 6.96. The van der Waals surface area contributed by atoms with Crippen LogP contribution in [0, 0.1) is 0 Å². The molecule has 1 saturated heterocycles. The fourth-order valence-electron chi connectivity index (χ4n) is 2.73. The maximum atomic E-state index is 4.74. The second kappa shape index (κ2) is 8.49. The third kappa shape index (κ3) is 4.93. The highest BCUT2D eigenvalue weighted by Crippen LogP contribution is 2.34. The number of thioether (sulfide) groups is 2. The predicted molar refractivity (Wildman–Crippen MR) is 96.6 cm³/mol. The molecular weight excluding hydrogens is 298 g/mol. The van der Waals surface area contributed by atoms with Gasteiger partial charge in [0.1, 0.15) is 0 Å². The molecule has 1 fully saturated rings. The molecule has 0 radical (unpaired) electrons. The average molecular weight is 328 g/mol. The first-order chi connectivity index (χ1) is 10.1. The number of rotatable bonds is 7. The molecule has 2 heterocycles. The van der Waals surface area contributed by atoms with Crippen LogP contribution in [0.15, 0.2) is 12.3 Å². The smallest absolute Gasteiger partial charge is 0.0640 e. The summed E-state index contributed by atoms with van der Waals surface area (Å²) in [5, 5.41) is 9.93. The van der Waals surface area contributed by atoms with Crippen molar-refractivity contribution in [1.82, 2.24) is 15.1 Å². The normalized spacial score (nSPS) is 24.4. The molecule has 3 unspecified atom stereocenters. The van der Waals surface area contributed by atoms with Crippen LogP contribution in [0.2, 0.25) is 0 Å². The Hall–Kier alpha value is -0.130. The lowest BCUT2D eigenvalue weighted by Gasteiger charge is -2.35. The first-order valence-corrected chi connectivity index (χ1v) is 10.2. The summed E-state index contributed by atoms with van der Waals surface area (Å²) in [5.74, 6) is 2.58. The minimum absolute atomic E-state index is 0.444. The molecule has 1 aromatic heterocycles. The topological polar surface area (TPSA) is 29.9 Å². The Bertz CT molecular complexity index is 419. The van der Waals surface area contributed by atoms with Gasteiger partial charge in [0, 0.05) is 46.7 Å². The van der Waals surface area contributed by atoms with Crippen molar-refractivity contribution < 1.29 is 0 Å². The Balaban J connectivity index is 2.03. The van der Waals surface area contributed by atoms with Crippen LogP contribution >= 0.6 is 23.5 Å². The van der Waals surface area contributed by atoms with E-state index in [-0.39, 0.29) is 0 Å². The molecule has 1 aliphatic heterocycles. The summed E-state index contributed by atoms with van der Waals surface area (Å²) < 4.78 is 2.07. The van der Waals surface area contributed by atoms with Crippen molar-refractivity contribution >= 4 is 23.5 Å². The van der Waals surface area contributed by atoms with Gasteiger partial charge in [-0.2, -0.15) is 28.6 Å². The van der Waals surface area contributed by atoms with Crippen LogP contribution < -0.4 is 5.32 Å². The Morgan fingerprint density at radius 2 is 2.14 bits per heavy atom. The lowest BCUT2D eigenvalue weighted by atomic mass is 10.1. The predicted octanol–water partition coefficient (Wildman–Crippen LogP) is 3.61. The van der Waals surface area contributed by atoms with E-state index in [4.69, 9.17) is 5.10 Å². The van der Waals surface area contributed by atoms with Gasteiger partial charge in [0.05, 0.1) is 5.69 Å². The van der Waals surface area contributed by atoms with E-state index in [9.17, 15) is 0 Å². The second-order valence-electron chi connectivity index (χ2n) is 6.06. The molecule has 1 aromatic rings. The summed E-state index contributed by atoms with van der Waals surface area (Å²) in [7, 11) is 0. The molecule has 3 atom stereocenters. The second-order valence-corrected chi connectivity index (χ2v) is 8.83. The summed E-state index contributed by atoms with van der Waals surface area (Å²) in [5.41, 5.74) is 1.22. The van der Waals surface area contributed by atoms with Crippen LogP contribution in [0.5, 0.6) is 0 Å². The van der Waals surface area contributed by atoms with E-state index in [1.807, 2.05) is 0 Å². The molecule has 1 N–H and O–H groups in total. The summed E-state index contributed by atoms with van der Waals surface area (Å²) in [4.78, 5) is 0. The Morgan fingerprint density at radius 3 is 2.76 bits per heavy atom. The van der Waals surface area contributed by atoms with E-state index in [2.05, 4.69) is 73.5 Å². The maximum absolute atomic E-state index is 4.74. The quantitative estimate of drug-likeness (QED) is 0.828. The molecule has 1 aliphatic rings. The molecule has 0 aromatic carbocycles. The maximum Gasteiger partial charge on any atom is 0.0640 e. The first kappa shape index (κ1) is 17.2. The van der Waals surface area contributed by atoms with Crippen molar-refractivity contribution in [3.8, 4) is 0 Å². The zero-order valence-corrected chi connectivity index (χ0v) is 15.3. The largest absolute Gasteiger partial charge is 0.312 e. The highest BCUT2D eigenvalue weighted by molar-refractivity contribution is 8.07. The molecule has 5 heteroatoms. The van der Waals surface area contributed by atoms with Crippen molar-refractivity contribution in [2.24, 2.45) is 0 Å². The van der Waals surface area contributed by atoms with E-state index in [0.29, 0.717) is 17.3 Å². The molecule has 0 saturated carbocycles. The molecule has 3 nitrogen and oxygen atoms in total. The van der Waals surface area contributed by atoms with Gasteiger partial charge in [-0.3, -0.25) is 4.68 Å². The number of nitrogens with zero attached hydrogens (tertiary/aromatic N) is 2. The SMILES string of the molecule is CCCNC(Cc1ccn(C(C)C)n1)C1SCCSC1C. The van der Waals surface area contributed by atoms with Gasteiger partial charge in [0.25, 0.3) is 0 Å². The van der Waals surface area contributed by atoms with Gasteiger partial charge in [-0.25, -0.2) is 0 Å². The lowest BCUT2D eigenvalue weighted by molar-refractivity contribution is 0.472. The van der Waals surface area contributed by atoms with E-state index >= 15 is 0 Å². The molecule has 120 valence electrons. The van der Waals surface area contributed by atoms with Crippen molar-refractivity contribution in [3.63, 3.8) is 0 Å². The van der Waals surface area contributed by atoms with E-state index in [0.717, 1.165) is 18.2 Å². The van der Waals surface area contributed by atoms with Gasteiger partial charge in [-0.15, -0.1) is 0 Å². The van der Waals surface area contributed by atoms with Crippen molar-refractivity contribution in [3.05, 3.63) is 18.0 Å².